The molecule has 0 spiro atoms. The van der Waals surface area contributed by atoms with E-state index < -0.39 is 0 Å². The van der Waals surface area contributed by atoms with Crippen molar-refractivity contribution in [3.63, 3.8) is 0 Å². The van der Waals surface area contributed by atoms with Crippen molar-refractivity contribution >= 4 is 29.4 Å². The second-order valence-electron chi connectivity index (χ2n) is 6.09. The normalized spacial score (nSPS) is 16.4. The molecule has 1 heterocycles. The van der Waals surface area contributed by atoms with Crippen LogP contribution in [0.5, 0.6) is 0 Å². The van der Waals surface area contributed by atoms with Gasteiger partial charge in [-0.25, -0.2) is 0 Å². The van der Waals surface area contributed by atoms with Gasteiger partial charge in [-0.15, -0.1) is 23.5 Å². The summed E-state index contributed by atoms with van der Waals surface area (Å²) in [4.78, 5) is 14.9. The number of rotatable bonds is 6. The number of hydrogen-bond donors (Lipinski definition) is 1. The maximum Gasteiger partial charge on any atom is 0.252 e. The summed E-state index contributed by atoms with van der Waals surface area (Å²) in [6.07, 6.45) is 3.88. The number of amides is 1. The monoisotopic (exact) mass is 373 g/mol. The number of thioether (sulfide) groups is 2. The molecule has 3 nitrogen and oxygen atoms in total. The minimum atomic E-state index is -0.0104. The minimum absolute atomic E-state index is 0.00415. The molecule has 0 aliphatic carbocycles. The number of carbonyl (C=O) groups excluding carboxylic acids is 1. The van der Waals surface area contributed by atoms with Gasteiger partial charge in [0.1, 0.15) is 0 Å². The molecule has 0 aromatic heterocycles. The van der Waals surface area contributed by atoms with E-state index in [0.717, 1.165) is 36.5 Å². The summed E-state index contributed by atoms with van der Waals surface area (Å²) in [5.41, 5.74) is 0.752. The average molecular weight is 374 g/mol. The van der Waals surface area contributed by atoms with E-state index in [1.54, 1.807) is 11.8 Å². The van der Waals surface area contributed by atoms with Crippen molar-refractivity contribution in [2.24, 2.45) is 0 Å². The third-order valence-electron chi connectivity index (χ3n) is 4.40. The Hall–Kier alpha value is -1.43. The lowest BCUT2D eigenvalue weighted by molar-refractivity contribution is 0.0740. The van der Waals surface area contributed by atoms with Crippen LogP contribution in [0.25, 0.3) is 0 Å². The molecule has 1 N–H and O–H groups in total. The SMILES string of the molecule is CSc1ccccc1C(=O)NCC1(Sc2ccccc2)CCOCC1. The van der Waals surface area contributed by atoms with Crippen molar-refractivity contribution in [1.82, 2.24) is 5.32 Å². The zero-order valence-electron chi connectivity index (χ0n) is 14.4. The fourth-order valence-corrected chi connectivity index (χ4v) is 4.87. The highest BCUT2D eigenvalue weighted by Gasteiger charge is 2.34. The molecule has 0 unspecified atom stereocenters. The number of carbonyl (C=O) groups is 1. The van der Waals surface area contributed by atoms with Gasteiger partial charge >= 0.3 is 0 Å². The fourth-order valence-electron chi connectivity index (χ4n) is 2.97. The van der Waals surface area contributed by atoms with Crippen LogP contribution >= 0.6 is 23.5 Å². The predicted octanol–water partition coefficient (Wildman–Crippen LogP) is 4.48. The Balaban J connectivity index is 1.71. The van der Waals surface area contributed by atoms with Crippen molar-refractivity contribution < 1.29 is 9.53 Å². The van der Waals surface area contributed by atoms with Gasteiger partial charge in [0.25, 0.3) is 5.91 Å². The zero-order valence-corrected chi connectivity index (χ0v) is 16.0. The molecule has 0 radical (unpaired) electrons. The highest BCUT2D eigenvalue weighted by Crippen LogP contribution is 2.40. The molecule has 1 fully saturated rings. The molecule has 5 heteroatoms. The molecule has 1 aliphatic heterocycles. The van der Waals surface area contributed by atoms with Crippen LogP contribution in [-0.4, -0.2) is 36.7 Å². The first-order valence-electron chi connectivity index (χ1n) is 8.45. The predicted molar refractivity (Wildman–Crippen MR) is 106 cm³/mol. The highest BCUT2D eigenvalue weighted by molar-refractivity contribution is 8.00. The van der Waals surface area contributed by atoms with E-state index in [1.807, 2.05) is 48.3 Å². The van der Waals surface area contributed by atoms with Crippen molar-refractivity contribution in [3.05, 3.63) is 60.2 Å². The van der Waals surface area contributed by atoms with Gasteiger partial charge in [-0.1, -0.05) is 30.3 Å². The summed E-state index contributed by atoms with van der Waals surface area (Å²) in [5, 5.41) is 3.18. The summed E-state index contributed by atoms with van der Waals surface area (Å²) in [5.74, 6) is 0.00415. The Morgan fingerprint density at radius 1 is 1.08 bits per heavy atom. The molecule has 0 bridgehead atoms. The van der Waals surface area contributed by atoms with E-state index in [2.05, 4.69) is 29.6 Å². The van der Waals surface area contributed by atoms with Crippen LogP contribution < -0.4 is 5.32 Å². The summed E-state index contributed by atoms with van der Waals surface area (Å²) >= 11 is 3.46. The van der Waals surface area contributed by atoms with Gasteiger partial charge in [-0.2, -0.15) is 0 Å². The van der Waals surface area contributed by atoms with Crippen molar-refractivity contribution in [2.45, 2.75) is 27.4 Å². The smallest absolute Gasteiger partial charge is 0.252 e. The first kappa shape index (κ1) is 18.4. The second-order valence-corrected chi connectivity index (χ2v) is 8.48. The Morgan fingerprint density at radius 3 is 2.48 bits per heavy atom. The standard InChI is InChI=1S/C20H23NO2S2/c1-24-18-10-6-5-9-17(18)19(22)21-15-20(11-13-23-14-12-20)25-16-7-3-2-4-8-16/h2-10H,11-15H2,1H3,(H,21,22). The van der Waals surface area contributed by atoms with Gasteiger partial charge in [0.05, 0.1) is 5.56 Å². The van der Waals surface area contributed by atoms with Crippen molar-refractivity contribution in [1.29, 1.82) is 0 Å². The van der Waals surface area contributed by atoms with E-state index in [4.69, 9.17) is 4.74 Å². The Kier molecular flexibility index (Phi) is 6.45. The van der Waals surface area contributed by atoms with Crippen LogP contribution in [0.3, 0.4) is 0 Å². The van der Waals surface area contributed by atoms with E-state index in [-0.39, 0.29) is 10.7 Å². The van der Waals surface area contributed by atoms with Crippen LogP contribution in [0.1, 0.15) is 23.2 Å². The summed E-state index contributed by atoms with van der Waals surface area (Å²) < 4.78 is 5.55. The molecule has 1 aliphatic rings. The molecular formula is C20H23NO2S2. The van der Waals surface area contributed by atoms with Gasteiger partial charge in [0.15, 0.2) is 0 Å². The van der Waals surface area contributed by atoms with E-state index in [1.165, 1.54) is 4.90 Å². The lowest BCUT2D eigenvalue weighted by Gasteiger charge is -2.36. The molecule has 3 rings (SSSR count). The third-order valence-corrected chi connectivity index (χ3v) is 6.69. The third kappa shape index (κ3) is 4.81. The van der Waals surface area contributed by atoms with Gasteiger partial charge < -0.3 is 10.1 Å². The summed E-state index contributed by atoms with van der Waals surface area (Å²) in [6, 6.07) is 18.2. The van der Waals surface area contributed by atoms with E-state index in [9.17, 15) is 4.79 Å². The molecule has 2 aromatic carbocycles. The lowest BCUT2D eigenvalue weighted by atomic mass is 9.99. The summed E-state index contributed by atoms with van der Waals surface area (Å²) in [7, 11) is 0. The maximum absolute atomic E-state index is 12.7. The average Bonchev–Trinajstić information content (AvgIpc) is 2.67. The van der Waals surface area contributed by atoms with E-state index >= 15 is 0 Å². The van der Waals surface area contributed by atoms with Crippen molar-refractivity contribution in [3.8, 4) is 0 Å². The van der Waals surface area contributed by atoms with Crippen LogP contribution in [0, 0.1) is 0 Å². The highest BCUT2D eigenvalue weighted by atomic mass is 32.2. The van der Waals surface area contributed by atoms with Crippen LogP contribution in [0.15, 0.2) is 64.4 Å². The largest absolute Gasteiger partial charge is 0.381 e. The van der Waals surface area contributed by atoms with Gasteiger partial charge in [0, 0.05) is 34.3 Å². The van der Waals surface area contributed by atoms with Crippen molar-refractivity contribution in [2.75, 3.05) is 26.0 Å². The summed E-state index contributed by atoms with van der Waals surface area (Å²) in [6.45, 7) is 2.14. The number of nitrogens with one attached hydrogen (secondary N) is 1. The zero-order chi connectivity index (χ0) is 17.5. The molecule has 1 amide bonds. The second kappa shape index (κ2) is 8.79. The Bertz CT molecular complexity index is 700. The Morgan fingerprint density at radius 2 is 1.76 bits per heavy atom. The molecule has 132 valence electrons. The first-order valence-corrected chi connectivity index (χ1v) is 10.5. The fraction of sp³-hybridized carbons (Fsp3) is 0.350. The van der Waals surface area contributed by atoms with E-state index in [0.29, 0.717) is 6.54 Å². The van der Waals surface area contributed by atoms with Gasteiger partial charge in [-0.05, 0) is 43.4 Å². The topological polar surface area (TPSA) is 38.3 Å². The lowest BCUT2D eigenvalue weighted by Crippen LogP contribution is -2.44. The maximum atomic E-state index is 12.7. The number of ether oxygens (including phenoxy) is 1. The molecular weight excluding hydrogens is 350 g/mol. The molecule has 25 heavy (non-hydrogen) atoms. The quantitative estimate of drug-likeness (QED) is 0.758. The van der Waals surface area contributed by atoms with Crippen LogP contribution in [0.4, 0.5) is 0 Å². The Labute approximate surface area is 157 Å². The molecule has 2 aromatic rings. The number of hydrogen-bond acceptors (Lipinski definition) is 4. The van der Waals surface area contributed by atoms with Gasteiger partial charge in [-0.3, -0.25) is 4.79 Å². The molecule has 1 saturated heterocycles. The molecule has 0 saturated carbocycles. The van der Waals surface area contributed by atoms with Crippen LogP contribution in [0.2, 0.25) is 0 Å². The van der Waals surface area contributed by atoms with Gasteiger partial charge in [0.2, 0.25) is 0 Å². The molecule has 0 atom stereocenters. The van der Waals surface area contributed by atoms with Crippen LogP contribution in [-0.2, 0) is 4.74 Å². The number of benzene rings is 2. The first-order chi connectivity index (χ1) is 12.2. The minimum Gasteiger partial charge on any atom is -0.381 e.